The Bertz CT molecular complexity index is 1330. The summed E-state index contributed by atoms with van der Waals surface area (Å²) in [5.74, 6) is -0.238. The van der Waals surface area contributed by atoms with E-state index in [4.69, 9.17) is 15.5 Å². The fourth-order valence-electron chi connectivity index (χ4n) is 3.47. The number of aliphatic hydroxyl groups excluding tert-OH is 1. The van der Waals surface area contributed by atoms with Crippen LogP contribution in [0.2, 0.25) is 0 Å². The number of carbonyl (C=O) groups excluding carboxylic acids is 1. The van der Waals surface area contributed by atoms with Gasteiger partial charge in [0.15, 0.2) is 0 Å². The van der Waals surface area contributed by atoms with Crippen molar-refractivity contribution >= 4 is 34.4 Å². The van der Waals surface area contributed by atoms with Crippen molar-refractivity contribution in [1.29, 1.82) is 5.26 Å². The molecule has 2 aromatic heterocycles. The lowest BCUT2D eigenvalue weighted by Crippen LogP contribution is -2.14. The summed E-state index contributed by atoms with van der Waals surface area (Å²) < 4.78 is 1.85. The lowest BCUT2D eigenvalue weighted by atomic mass is 10.1. The fraction of sp³-hybridized carbons (Fsp3) is 0.167. The predicted octanol–water partition coefficient (Wildman–Crippen LogP) is 3.79. The van der Waals surface area contributed by atoms with E-state index in [0.29, 0.717) is 33.9 Å². The molecule has 0 atom stereocenters. The minimum Gasteiger partial charge on any atom is -0.400 e. The largest absolute Gasteiger partial charge is 0.400 e. The number of aryl methyl sites for hydroxylation is 1. The molecule has 8 nitrogen and oxygen atoms in total. The summed E-state index contributed by atoms with van der Waals surface area (Å²) in [5.41, 5.74) is 5.12. The molecule has 4 N–H and O–H groups in total. The number of pyridine rings is 1. The standard InChI is InChI=1S/C23H20N6OS.CH4O/c1-14-22(15(2)29(28-14)13-17-9-7-16(12-24)8-10-17)27-23(30)19-11-21(31-25)26-20-6-4-3-5-18(19)20;1-2/h3-11H,13,25H2,1-2H3,(H,27,30);2H,1H3. The number of anilines is 1. The molecule has 4 rings (SSSR count). The van der Waals surface area contributed by atoms with E-state index in [2.05, 4.69) is 21.5 Å². The Morgan fingerprint density at radius 2 is 1.88 bits per heavy atom. The van der Waals surface area contributed by atoms with Crippen LogP contribution in [-0.4, -0.2) is 32.9 Å². The first kappa shape index (κ1) is 23.9. The lowest BCUT2D eigenvalue weighted by Gasteiger charge is -2.10. The van der Waals surface area contributed by atoms with E-state index in [0.717, 1.165) is 41.4 Å². The Balaban J connectivity index is 0.00000149. The fourth-order valence-corrected chi connectivity index (χ4v) is 3.81. The number of hydrogen-bond acceptors (Lipinski definition) is 7. The van der Waals surface area contributed by atoms with Gasteiger partial charge in [0.1, 0.15) is 5.03 Å². The Labute approximate surface area is 196 Å². The molecule has 0 aliphatic heterocycles. The van der Waals surface area contributed by atoms with Crippen LogP contribution in [0.1, 0.15) is 32.9 Å². The normalized spacial score (nSPS) is 10.3. The molecule has 0 aliphatic rings. The van der Waals surface area contributed by atoms with Crippen molar-refractivity contribution < 1.29 is 9.90 Å². The van der Waals surface area contributed by atoms with Crippen molar-refractivity contribution in [3.8, 4) is 6.07 Å². The highest BCUT2D eigenvalue weighted by atomic mass is 32.2. The van der Waals surface area contributed by atoms with Crippen LogP contribution in [-0.2, 0) is 6.54 Å². The SMILES string of the molecule is CO.Cc1nn(Cc2ccc(C#N)cc2)c(C)c1NC(=O)c1cc(SN)nc2ccccc12. The molecule has 0 unspecified atom stereocenters. The summed E-state index contributed by atoms with van der Waals surface area (Å²) in [6.45, 7) is 4.33. The van der Waals surface area contributed by atoms with Crippen LogP contribution >= 0.6 is 11.9 Å². The molecule has 9 heteroatoms. The molecule has 2 aromatic carbocycles. The van der Waals surface area contributed by atoms with Crippen molar-refractivity contribution in [1.82, 2.24) is 14.8 Å². The highest BCUT2D eigenvalue weighted by Gasteiger charge is 2.18. The zero-order chi connectivity index (χ0) is 24.0. The number of nitrogens with one attached hydrogen (secondary N) is 1. The zero-order valence-corrected chi connectivity index (χ0v) is 19.3. The van der Waals surface area contributed by atoms with Gasteiger partial charge in [-0.25, -0.2) is 4.98 Å². The maximum atomic E-state index is 13.2. The first-order chi connectivity index (χ1) is 16.0. The molecule has 1 amide bonds. The summed E-state index contributed by atoms with van der Waals surface area (Å²) in [7, 11) is 1.00. The Morgan fingerprint density at radius 1 is 1.18 bits per heavy atom. The van der Waals surface area contributed by atoms with Crippen molar-refractivity contribution in [3.05, 3.63) is 82.7 Å². The molecule has 0 spiro atoms. The molecule has 0 fully saturated rings. The number of nitriles is 1. The second-order valence-electron chi connectivity index (χ2n) is 7.11. The van der Waals surface area contributed by atoms with Crippen LogP contribution in [0.5, 0.6) is 0 Å². The van der Waals surface area contributed by atoms with E-state index in [1.165, 1.54) is 0 Å². The molecule has 0 saturated heterocycles. The van der Waals surface area contributed by atoms with Gasteiger partial charge in [-0.05, 0) is 55.6 Å². The van der Waals surface area contributed by atoms with E-state index >= 15 is 0 Å². The van der Waals surface area contributed by atoms with E-state index in [9.17, 15) is 4.79 Å². The number of amides is 1. The second kappa shape index (κ2) is 10.7. The highest BCUT2D eigenvalue weighted by Crippen LogP contribution is 2.25. The molecule has 0 aliphatic carbocycles. The summed E-state index contributed by atoms with van der Waals surface area (Å²) >= 11 is 1.01. The van der Waals surface area contributed by atoms with Gasteiger partial charge in [-0.2, -0.15) is 10.4 Å². The number of carbonyl (C=O) groups is 1. The van der Waals surface area contributed by atoms with Crippen LogP contribution in [0.25, 0.3) is 10.9 Å². The van der Waals surface area contributed by atoms with Crippen molar-refractivity contribution in [2.24, 2.45) is 5.14 Å². The Morgan fingerprint density at radius 3 is 2.55 bits per heavy atom. The van der Waals surface area contributed by atoms with Gasteiger partial charge in [-0.3, -0.25) is 14.6 Å². The first-order valence-corrected chi connectivity index (χ1v) is 10.9. The number of rotatable bonds is 5. The molecular weight excluding hydrogens is 436 g/mol. The number of aromatic nitrogens is 3. The monoisotopic (exact) mass is 460 g/mol. The number of nitrogens with zero attached hydrogens (tertiary/aromatic N) is 4. The van der Waals surface area contributed by atoms with Crippen LogP contribution in [0, 0.1) is 25.2 Å². The third-order valence-corrected chi connectivity index (χ3v) is 5.54. The van der Waals surface area contributed by atoms with Crippen LogP contribution in [0.4, 0.5) is 5.69 Å². The predicted molar refractivity (Wildman–Crippen MR) is 130 cm³/mol. The Hall–Kier alpha value is -3.71. The maximum absolute atomic E-state index is 13.2. The van der Waals surface area contributed by atoms with Crippen LogP contribution in [0.3, 0.4) is 0 Å². The molecule has 4 aromatic rings. The van der Waals surface area contributed by atoms with Gasteiger partial charge >= 0.3 is 0 Å². The molecular formula is C24H24N6O2S. The summed E-state index contributed by atoms with van der Waals surface area (Å²) in [4.78, 5) is 17.6. The number of nitrogens with two attached hydrogens (primary N) is 1. The lowest BCUT2D eigenvalue weighted by molar-refractivity contribution is 0.102. The van der Waals surface area contributed by atoms with E-state index in [-0.39, 0.29) is 5.91 Å². The van der Waals surface area contributed by atoms with Gasteiger partial charge < -0.3 is 10.4 Å². The summed E-state index contributed by atoms with van der Waals surface area (Å²) in [6, 6.07) is 18.7. The van der Waals surface area contributed by atoms with Gasteiger partial charge in [0.25, 0.3) is 5.91 Å². The summed E-state index contributed by atoms with van der Waals surface area (Å²) in [5, 5.41) is 30.6. The minimum absolute atomic E-state index is 0.238. The molecule has 33 heavy (non-hydrogen) atoms. The molecule has 2 heterocycles. The maximum Gasteiger partial charge on any atom is 0.256 e. The number of para-hydroxylation sites is 1. The number of aliphatic hydroxyl groups is 1. The number of fused-ring (bicyclic) bond motifs is 1. The van der Waals surface area contributed by atoms with Gasteiger partial charge in [-0.1, -0.05) is 30.3 Å². The highest BCUT2D eigenvalue weighted by molar-refractivity contribution is 7.97. The molecule has 0 saturated carbocycles. The molecule has 168 valence electrons. The van der Waals surface area contributed by atoms with E-state index in [1.807, 2.05) is 54.9 Å². The Kier molecular flexibility index (Phi) is 7.79. The first-order valence-electron chi connectivity index (χ1n) is 10.1. The van der Waals surface area contributed by atoms with Crippen LogP contribution in [0.15, 0.2) is 59.6 Å². The summed E-state index contributed by atoms with van der Waals surface area (Å²) in [6.07, 6.45) is 0. The topological polar surface area (TPSA) is 130 Å². The van der Waals surface area contributed by atoms with Gasteiger partial charge in [-0.15, -0.1) is 0 Å². The van der Waals surface area contributed by atoms with Gasteiger partial charge in [0, 0.05) is 12.5 Å². The zero-order valence-electron chi connectivity index (χ0n) is 18.5. The van der Waals surface area contributed by atoms with Crippen molar-refractivity contribution in [2.45, 2.75) is 25.4 Å². The third-order valence-electron chi connectivity index (χ3n) is 5.09. The molecule has 0 radical (unpaired) electrons. The van der Waals surface area contributed by atoms with Gasteiger partial charge in [0.05, 0.1) is 46.3 Å². The average Bonchev–Trinajstić information content (AvgIpc) is 3.12. The van der Waals surface area contributed by atoms with Crippen molar-refractivity contribution in [2.75, 3.05) is 12.4 Å². The van der Waals surface area contributed by atoms with Gasteiger partial charge in [0.2, 0.25) is 0 Å². The van der Waals surface area contributed by atoms with Crippen molar-refractivity contribution in [3.63, 3.8) is 0 Å². The molecule has 0 bridgehead atoms. The third kappa shape index (κ3) is 5.21. The van der Waals surface area contributed by atoms with Crippen LogP contribution < -0.4 is 10.5 Å². The number of benzene rings is 2. The average molecular weight is 461 g/mol. The number of hydrogen-bond donors (Lipinski definition) is 3. The smallest absolute Gasteiger partial charge is 0.256 e. The second-order valence-corrected chi connectivity index (χ2v) is 7.76. The quantitative estimate of drug-likeness (QED) is 0.386. The minimum atomic E-state index is -0.238. The van der Waals surface area contributed by atoms with E-state index < -0.39 is 0 Å². The van der Waals surface area contributed by atoms with E-state index in [1.54, 1.807) is 18.2 Å².